The SMILES string of the molecule is CC(C)[C@@H](Cn1nccn1)NC(=O)c1cc2ccccc2o1. The Morgan fingerprint density at radius 2 is 2.00 bits per heavy atom. The topological polar surface area (TPSA) is 73.0 Å². The van der Waals surface area contributed by atoms with E-state index >= 15 is 0 Å². The fourth-order valence-electron chi connectivity index (χ4n) is 2.27. The lowest BCUT2D eigenvalue weighted by Crippen LogP contribution is -2.41. The predicted octanol–water partition coefficient (Wildman–Crippen LogP) is 2.48. The molecule has 0 bridgehead atoms. The summed E-state index contributed by atoms with van der Waals surface area (Å²) in [5, 5.41) is 12.1. The van der Waals surface area contributed by atoms with Crippen molar-refractivity contribution in [1.82, 2.24) is 20.3 Å². The van der Waals surface area contributed by atoms with E-state index in [2.05, 4.69) is 15.5 Å². The van der Waals surface area contributed by atoms with Gasteiger partial charge >= 0.3 is 0 Å². The number of carbonyl (C=O) groups is 1. The van der Waals surface area contributed by atoms with E-state index in [1.54, 1.807) is 23.3 Å². The van der Waals surface area contributed by atoms with E-state index in [1.165, 1.54) is 0 Å². The lowest BCUT2D eigenvalue weighted by molar-refractivity contribution is 0.0892. The molecule has 0 saturated heterocycles. The van der Waals surface area contributed by atoms with Gasteiger partial charge in [0, 0.05) is 5.39 Å². The van der Waals surface area contributed by atoms with Crippen molar-refractivity contribution in [1.29, 1.82) is 0 Å². The Morgan fingerprint density at radius 1 is 1.27 bits per heavy atom. The van der Waals surface area contributed by atoms with Crippen molar-refractivity contribution in [3.8, 4) is 0 Å². The highest BCUT2D eigenvalue weighted by molar-refractivity contribution is 5.96. The van der Waals surface area contributed by atoms with Gasteiger partial charge in [-0.15, -0.1) is 0 Å². The predicted molar refractivity (Wildman–Crippen MR) is 82.3 cm³/mol. The van der Waals surface area contributed by atoms with E-state index < -0.39 is 0 Å². The number of carbonyl (C=O) groups excluding carboxylic acids is 1. The number of fused-ring (bicyclic) bond motifs is 1. The van der Waals surface area contributed by atoms with Crippen molar-refractivity contribution in [2.45, 2.75) is 26.4 Å². The summed E-state index contributed by atoms with van der Waals surface area (Å²) >= 11 is 0. The van der Waals surface area contributed by atoms with Gasteiger partial charge in [0.1, 0.15) is 5.58 Å². The molecule has 0 aliphatic rings. The Labute approximate surface area is 128 Å². The monoisotopic (exact) mass is 298 g/mol. The zero-order valence-electron chi connectivity index (χ0n) is 12.6. The minimum atomic E-state index is -0.220. The second-order valence-electron chi connectivity index (χ2n) is 5.56. The highest BCUT2D eigenvalue weighted by Gasteiger charge is 2.20. The molecular formula is C16H18N4O2. The highest BCUT2D eigenvalue weighted by atomic mass is 16.3. The summed E-state index contributed by atoms with van der Waals surface area (Å²) in [5.41, 5.74) is 0.711. The van der Waals surface area contributed by atoms with E-state index in [4.69, 9.17) is 4.42 Å². The van der Waals surface area contributed by atoms with Crippen molar-refractivity contribution in [2.24, 2.45) is 5.92 Å². The lowest BCUT2D eigenvalue weighted by Gasteiger charge is -2.21. The van der Waals surface area contributed by atoms with Crippen LogP contribution in [0, 0.1) is 5.92 Å². The third-order valence-corrected chi connectivity index (χ3v) is 3.60. The van der Waals surface area contributed by atoms with Crippen LogP contribution >= 0.6 is 0 Å². The number of amides is 1. The molecule has 0 aliphatic carbocycles. The number of nitrogens with one attached hydrogen (secondary N) is 1. The summed E-state index contributed by atoms with van der Waals surface area (Å²) < 4.78 is 5.60. The summed E-state index contributed by atoms with van der Waals surface area (Å²) in [4.78, 5) is 14.0. The number of para-hydroxylation sites is 1. The maximum absolute atomic E-state index is 12.4. The number of benzene rings is 1. The Kier molecular flexibility index (Phi) is 3.91. The van der Waals surface area contributed by atoms with Crippen LogP contribution < -0.4 is 5.32 Å². The maximum atomic E-state index is 12.4. The van der Waals surface area contributed by atoms with Crippen LogP contribution in [0.1, 0.15) is 24.4 Å². The van der Waals surface area contributed by atoms with Gasteiger partial charge in [0.15, 0.2) is 5.76 Å². The summed E-state index contributed by atoms with van der Waals surface area (Å²) in [6, 6.07) is 9.25. The molecule has 0 fully saturated rings. The molecule has 6 heteroatoms. The van der Waals surface area contributed by atoms with Crippen molar-refractivity contribution in [2.75, 3.05) is 0 Å². The maximum Gasteiger partial charge on any atom is 0.287 e. The van der Waals surface area contributed by atoms with Gasteiger partial charge in [0.2, 0.25) is 0 Å². The molecule has 1 amide bonds. The molecule has 114 valence electrons. The molecule has 3 aromatic rings. The molecule has 1 atom stereocenters. The lowest BCUT2D eigenvalue weighted by atomic mass is 10.0. The average Bonchev–Trinajstić information content (AvgIpc) is 3.15. The number of furan rings is 1. The van der Waals surface area contributed by atoms with Gasteiger partial charge in [0.05, 0.1) is 25.0 Å². The molecule has 1 N–H and O–H groups in total. The molecule has 3 rings (SSSR count). The van der Waals surface area contributed by atoms with Crippen LogP contribution in [0.5, 0.6) is 0 Å². The molecule has 0 saturated carbocycles. The quantitative estimate of drug-likeness (QED) is 0.785. The van der Waals surface area contributed by atoms with Crippen molar-refractivity contribution < 1.29 is 9.21 Å². The summed E-state index contributed by atoms with van der Waals surface area (Å²) in [6.45, 7) is 4.62. The fourth-order valence-corrected chi connectivity index (χ4v) is 2.27. The average molecular weight is 298 g/mol. The van der Waals surface area contributed by atoms with E-state index in [0.717, 1.165) is 5.39 Å². The minimum Gasteiger partial charge on any atom is -0.451 e. The van der Waals surface area contributed by atoms with E-state index in [1.807, 2.05) is 38.1 Å². The molecular weight excluding hydrogens is 280 g/mol. The standard InChI is InChI=1S/C16H18N4O2/c1-11(2)13(10-20-17-7-8-18-20)19-16(21)15-9-12-5-3-4-6-14(12)22-15/h3-9,11,13H,10H2,1-2H3,(H,19,21)/t13-/m1/s1. The Balaban J connectivity index is 1.75. The molecule has 0 aliphatic heterocycles. The van der Waals surface area contributed by atoms with Crippen LogP contribution in [0.3, 0.4) is 0 Å². The van der Waals surface area contributed by atoms with Gasteiger partial charge in [-0.3, -0.25) is 4.79 Å². The zero-order chi connectivity index (χ0) is 15.5. The van der Waals surface area contributed by atoms with Crippen LogP contribution in [-0.4, -0.2) is 26.9 Å². The van der Waals surface area contributed by atoms with Gasteiger partial charge in [-0.25, -0.2) is 0 Å². The first-order valence-electron chi connectivity index (χ1n) is 7.27. The van der Waals surface area contributed by atoms with E-state index in [-0.39, 0.29) is 17.9 Å². The third-order valence-electron chi connectivity index (χ3n) is 3.60. The van der Waals surface area contributed by atoms with Crippen LogP contribution in [0.4, 0.5) is 0 Å². The van der Waals surface area contributed by atoms with Crippen LogP contribution in [0.25, 0.3) is 11.0 Å². The van der Waals surface area contributed by atoms with Gasteiger partial charge in [-0.05, 0) is 18.1 Å². The third kappa shape index (κ3) is 3.00. The molecule has 22 heavy (non-hydrogen) atoms. The Bertz CT molecular complexity index is 728. The minimum absolute atomic E-state index is 0.0758. The summed E-state index contributed by atoms with van der Waals surface area (Å²) in [7, 11) is 0. The second kappa shape index (κ2) is 6.01. The van der Waals surface area contributed by atoms with Gasteiger partial charge in [-0.2, -0.15) is 15.0 Å². The largest absolute Gasteiger partial charge is 0.451 e. The molecule has 2 heterocycles. The number of hydrogen-bond donors (Lipinski definition) is 1. The molecule has 6 nitrogen and oxygen atoms in total. The Morgan fingerprint density at radius 3 is 2.68 bits per heavy atom. The number of rotatable bonds is 5. The molecule has 0 spiro atoms. The molecule has 0 radical (unpaired) electrons. The molecule has 0 unspecified atom stereocenters. The first kappa shape index (κ1) is 14.3. The van der Waals surface area contributed by atoms with Gasteiger partial charge in [0.25, 0.3) is 5.91 Å². The second-order valence-corrected chi connectivity index (χ2v) is 5.56. The van der Waals surface area contributed by atoms with Gasteiger partial charge in [-0.1, -0.05) is 32.0 Å². The Hall–Kier alpha value is -2.63. The smallest absolute Gasteiger partial charge is 0.287 e. The number of hydrogen-bond acceptors (Lipinski definition) is 4. The fraction of sp³-hybridized carbons (Fsp3) is 0.312. The van der Waals surface area contributed by atoms with E-state index in [9.17, 15) is 4.79 Å². The van der Waals surface area contributed by atoms with Crippen LogP contribution in [-0.2, 0) is 6.54 Å². The van der Waals surface area contributed by atoms with E-state index in [0.29, 0.717) is 17.9 Å². The first-order chi connectivity index (χ1) is 10.6. The zero-order valence-corrected chi connectivity index (χ0v) is 12.6. The normalized spacial score (nSPS) is 12.7. The van der Waals surface area contributed by atoms with Gasteiger partial charge < -0.3 is 9.73 Å². The molecule has 1 aromatic carbocycles. The first-order valence-corrected chi connectivity index (χ1v) is 7.27. The highest BCUT2D eigenvalue weighted by Crippen LogP contribution is 2.19. The van der Waals surface area contributed by atoms with Crippen molar-refractivity contribution in [3.05, 3.63) is 48.5 Å². The summed E-state index contributed by atoms with van der Waals surface area (Å²) in [6.07, 6.45) is 3.25. The number of aromatic nitrogens is 3. The number of nitrogens with zero attached hydrogens (tertiary/aromatic N) is 3. The van der Waals surface area contributed by atoms with Crippen molar-refractivity contribution in [3.63, 3.8) is 0 Å². The van der Waals surface area contributed by atoms with Crippen LogP contribution in [0.15, 0.2) is 47.1 Å². The van der Waals surface area contributed by atoms with Crippen molar-refractivity contribution >= 4 is 16.9 Å². The summed E-state index contributed by atoms with van der Waals surface area (Å²) in [5.74, 6) is 0.349. The molecule has 2 aromatic heterocycles. The van der Waals surface area contributed by atoms with Crippen LogP contribution in [0.2, 0.25) is 0 Å².